The summed E-state index contributed by atoms with van der Waals surface area (Å²) in [4.78, 5) is 20.1. The van der Waals surface area contributed by atoms with Crippen LogP contribution in [-0.2, 0) is 0 Å². The normalized spacial score (nSPS) is 11.5. The van der Waals surface area contributed by atoms with Crippen LogP contribution in [0.1, 0.15) is 0 Å². The van der Waals surface area contributed by atoms with Gasteiger partial charge in [0.2, 0.25) is 0 Å². The van der Waals surface area contributed by atoms with E-state index in [-0.39, 0.29) is 0 Å². The molecule has 0 radical (unpaired) electrons. The van der Waals surface area contributed by atoms with Crippen molar-refractivity contribution in [3.8, 4) is 62.2 Å². The van der Waals surface area contributed by atoms with Gasteiger partial charge in [0, 0.05) is 49.5 Å². The van der Waals surface area contributed by atoms with Gasteiger partial charge in [-0.15, -0.1) is 0 Å². The van der Waals surface area contributed by atoms with E-state index in [1.807, 2.05) is 60.7 Å². The summed E-state index contributed by atoms with van der Waals surface area (Å²) in [7, 11) is 0. The lowest BCUT2D eigenvalue weighted by Gasteiger charge is -2.14. The summed E-state index contributed by atoms with van der Waals surface area (Å²) in [5.41, 5.74) is 11.5. The molecule has 0 aliphatic carbocycles. The summed E-state index contributed by atoms with van der Waals surface area (Å²) < 4.78 is 2.37. The number of hydrogen-bond donors (Lipinski definition) is 0. The fraction of sp³-hybridized carbons (Fsp3) is 0. The molecule has 0 N–H and O–H groups in total. The lowest BCUT2D eigenvalue weighted by atomic mass is 9.95. The van der Waals surface area contributed by atoms with E-state index >= 15 is 0 Å². The van der Waals surface area contributed by atoms with Crippen LogP contribution in [0.4, 0.5) is 0 Å². The third-order valence-corrected chi connectivity index (χ3v) is 10.8. The second kappa shape index (κ2) is 13.5. The van der Waals surface area contributed by atoms with Crippen LogP contribution in [-0.4, -0.2) is 24.5 Å². The van der Waals surface area contributed by atoms with E-state index in [2.05, 4.69) is 144 Å². The summed E-state index contributed by atoms with van der Waals surface area (Å²) in [6.45, 7) is 0. The molecule has 0 spiro atoms. The summed E-state index contributed by atoms with van der Waals surface area (Å²) in [5.74, 6) is 1.93. The maximum atomic E-state index is 5.36. The van der Waals surface area contributed by atoms with Gasteiger partial charge in [-0.3, -0.25) is 0 Å². The van der Waals surface area contributed by atoms with E-state index in [9.17, 15) is 0 Å². The first-order valence-corrected chi connectivity index (χ1v) is 19.1. The van der Waals surface area contributed by atoms with Crippen LogP contribution in [0.15, 0.2) is 200 Å². The van der Waals surface area contributed by atoms with Gasteiger partial charge < -0.3 is 4.57 Å². The zero-order chi connectivity index (χ0) is 37.7. The minimum Gasteiger partial charge on any atom is -0.309 e. The molecule has 5 heteroatoms. The zero-order valence-electron chi connectivity index (χ0n) is 30.8. The van der Waals surface area contributed by atoms with Crippen LogP contribution in [0.3, 0.4) is 0 Å². The lowest BCUT2D eigenvalue weighted by Crippen LogP contribution is -2.00. The van der Waals surface area contributed by atoms with E-state index in [0.717, 1.165) is 66.6 Å². The molecule has 0 saturated heterocycles. The largest absolute Gasteiger partial charge is 0.309 e. The number of aromatic nitrogens is 5. The minimum absolute atomic E-state index is 0.634. The van der Waals surface area contributed by atoms with Crippen LogP contribution < -0.4 is 0 Å². The Balaban J connectivity index is 1.07. The summed E-state index contributed by atoms with van der Waals surface area (Å²) in [5, 5.41) is 5.84. The van der Waals surface area contributed by atoms with E-state index < -0.39 is 0 Å². The highest BCUT2D eigenvalue weighted by Gasteiger charge is 2.18. The average Bonchev–Trinajstić information content (AvgIpc) is 3.62. The standard InChI is InChI=1S/C52H33N5/c1-5-15-35(16-6-1)49-45-33-48-44(41-23-13-14-24-47(41)57(48)40-21-11-4-12-22-40)32-42(45)43-31-39(29-30-46(43)53-49)34-25-27-38(28-26-34)52-55-50(36-17-7-2-8-18-36)54-51(56-52)37-19-9-3-10-20-37/h1-33H. The minimum atomic E-state index is 0.634. The molecule has 266 valence electrons. The van der Waals surface area contributed by atoms with Gasteiger partial charge in [0.1, 0.15) is 0 Å². The number of nitrogens with zero attached hydrogens (tertiary/aromatic N) is 5. The molecular formula is C52H33N5. The molecule has 8 aromatic carbocycles. The second-order valence-electron chi connectivity index (χ2n) is 14.3. The van der Waals surface area contributed by atoms with Crippen molar-refractivity contribution in [2.24, 2.45) is 0 Å². The number of para-hydroxylation sites is 2. The van der Waals surface area contributed by atoms with Gasteiger partial charge in [-0.05, 0) is 59.0 Å². The molecule has 3 heterocycles. The first-order chi connectivity index (χ1) is 28.2. The number of benzene rings is 8. The SMILES string of the molecule is c1ccc(-c2nc(-c3ccccc3)nc(-c3ccc(-c4ccc5nc(-c6ccccc6)c6cc7c(cc6c5c4)c4ccccc4n7-c4ccccc4)cc3)n2)cc1. The average molecular weight is 728 g/mol. The first-order valence-electron chi connectivity index (χ1n) is 19.1. The third-order valence-electron chi connectivity index (χ3n) is 10.8. The quantitative estimate of drug-likeness (QED) is 0.160. The Labute approximate surface area is 329 Å². The Bertz CT molecular complexity index is 3190. The molecule has 0 saturated carbocycles. The van der Waals surface area contributed by atoms with Gasteiger partial charge in [-0.25, -0.2) is 19.9 Å². The topological polar surface area (TPSA) is 56.5 Å². The highest BCUT2D eigenvalue weighted by Crippen LogP contribution is 2.41. The van der Waals surface area contributed by atoms with Gasteiger partial charge in [-0.1, -0.05) is 158 Å². The molecule has 57 heavy (non-hydrogen) atoms. The number of fused-ring (bicyclic) bond motifs is 6. The molecule has 0 aliphatic heterocycles. The molecule has 11 aromatic rings. The van der Waals surface area contributed by atoms with Crippen molar-refractivity contribution in [1.29, 1.82) is 0 Å². The van der Waals surface area contributed by atoms with Crippen molar-refractivity contribution in [3.63, 3.8) is 0 Å². The second-order valence-corrected chi connectivity index (χ2v) is 14.3. The molecule has 3 aromatic heterocycles. The predicted octanol–water partition coefficient (Wildman–Crippen LogP) is 13.0. The van der Waals surface area contributed by atoms with Crippen LogP contribution in [0.25, 0.3) is 106 Å². The zero-order valence-corrected chi connectivity index (χ0v) is 30.8. The number of hydrogen-bond acceptors (Lipinski definition) is 4. The van der Waals surface area contributed by atoms with Crippen LogP contribution in [0, 0.1) is 0 Å². The van der Waals surface area contributed by atoms with Crippen LogP contribution in [0.5, 0.6) is 0 Å². The number of pyridine rings is 1. The van der Waals surface area contributed by atoms with Crippen molar-refractivity contribution in [1.82, 2.24) is 24.5 Å². The molecule has 5 nitrogen and oxygen atoms in total. The number of rotatable bonds is 6. The van der Waals surface area contributed by atoms with E-state index in [1.54, 1.807) is 0 Å². The van der Waals surface area contributed by atoms with Crippen molar-refractivity contribution in [2.75, 3.05) is 0 Å². The molecule has 0 unspecified atom stereocenters. The third kappa shape index (κ3) is 5.72. The molecule has 0 amide bonds. The maximum Gasteiger partial charge on any atom is 0.164 e. The molecular weight excluding hydrogens is 695 g/mol. The van der Waals surface area contributed by atoms with Gasteiger partial charge in [-0.2, -0.15) is 0 Å². The molecule has 0 bridgehead atoms. The predicted molar refractivity (Wildman–Crippen MR) is 234 cm³/mol. The molecule has 0 atom stereocenters. The van der Waals surface area contributed by atoms with E-state index in [0.29, 0.717) is 17.5 Å². The Morgan fingerprint density at radius 2 is 0.789 bits per heavy atom. The van der Waals surface area contributed by atoms with Crippen molar-refractivity contribution in [2.45, 2.75) is 0 Å². The Kier molecular flexibility index (Phi) is 7.74. The smallest absolute Gasteiger partial charge is 0.164 e. The van der Waals surface area contributed by atoms with Gasteiger partial charge in [0.05, 0.1) is 22.2 Å². The fourth-order valence-corrected chi connectivity index (χ4v) is 8.06. The van der Waals surface area contributed by atoms with Crippen molar-refractivity contribution >= 4 is 43.5 Å². The first kappa shape index (κ1) is 32.7. The Morgan fingerprint density at radius 3 is 1.42 bits per heavy atom. The molecule has 0 fully saturated rings. The monoisotopic (exact) mass is 727 g/mol. The highest BCUT2D eigenvalue weighted by molar-refractivity contribution is 6.20. The fourth-order valence-electron chi connectivity index (χ4n) is 8.06. The highest BCUT2D eigenvalue weighted by atomic mass is 15.0. The van der Waals surface area contributed by atoms with Gasteiger partial charge in [0.15, 0.2) is 17.5 Å². The van der Waals surface area contributed by atoms with E-state index in [4.69, 9.17) is 19.9 Å². The van der Waals surface area contributed by atoms with Crippen molar-refractivity contribution in [3.05, 3.63) is 200 Å². The summed E-state index contributed by atoms with van der Waals surface area (Å²) >= 11 is 0. The Hall–Kier alpha value is -7.76. The van der Waals surface area contributed by atoms with Crippen LogP contribution in [0.2, 0.25) is 0 Å². The summed E-state index contributed by atoms with van der Waals surface area (Å²) in [6.07, 6.45) is 0. The molecule has 11 rings (SSSR count). The summed E-state index contributed by atoms with van der Waals surface area (Å²) in [6, 6.07) is 69.9. The van der Waals surface area contributed by atoms with Crippen molar-refractivity contribution < 1.29 is 0 Å². The molecule has 0 aliphatic rings. The van der Waals surface area contributed by atoms with Crippen LogP contribution >= 0.6 is 0 Å². The lowest BCUT2D eigenvalue weighted by molar-refractivity contribution is 1.07. The Morgan fingerprint density at radius 1 is 0.281 bits per heavy atom. The van der Waals surface area contributed by atoms with Gasteiger partial charge >= 0.3 is 0 Å². The van der Waals surface area contributed by atoms with Gasteiger partial charge in [0.25, 0.3) is 0 Å². The van der Waals surface area contributed by atoms with E-state index in [1.165, 1.54) is 21.7 Å². The maximum absolute atomic E-state index is 5.36.